The number of aromatic nitrogens is 2. The molecule has 0 spiro atoms. The van der Waals surface area contributed by atoms with E-state index in [1.54, 1.807) is 0 Å². The van der Waals surface area contributed by atoms with Gasteiger partial charge < -0.3 is 10.3 Å². The number of nitrogens with two attached hydrogens (primary N) is 1. The van der Waals surface area contributed by atoms with Crippen molar-refractivity contribution < 1.29 is 0 Å². The minimum Gasteiger partial charge on any atom is -0.329 e. The van der Waals surface area contributed by atoms with Crippen molar-refractivity contribution in [3.63, 3.8) is 0 Å². The van der Waals surface area contributed by atoms with Crippen molar-refractivity contribution >= 4 is 11.0 Å². The lowest BCUT2D eigenvalue weighted by Crippen LogP contribution is -2.39. The van der Waals surface area contributed by atoms with Gasteiger partial charge in [0.1, 0.15) is 5.82 Å². The molecule has 2 aliphatic rings. The van der Waals surface area contributed by atoms with Crippen LogP contribution in [0.2, 0.25) is 0 Å². The fourth-order valence-corrected chi connectivity index (χ4v) is 4.03. The lowest BCUT2D eigenvalue weighted by atomic mass is 9.73. The molecule has 21 heavy (non-hydrogen) atoms. The van der Waals surface area contributed by atoms with E-state index in [0.29, 0.717) is 6.04 Å². The molecule has 112 valence electrons. The largest absolute Gasteiger partial charge is 0.329 e. The molecule has 4 rings (SSSR count). The number of hydrogen-bond acceptors (Lipinski definition) is 2. The number of nitrogens with zero attached hydrogens (tertiary/aromatic N) is 2. The highest BCUT2D eigenvalue weighted by atomic mass is 15.1. The smallest absolute Gasteiger partial charge is 0.117 e. The van der Waals surface area contributed by atoms with Gasteiger partial charge in [-0.2, -0.15) is 0 Å². The van der Waals surface area contributed by atoms with Gasteiger partial charge in [-0.3, -0.25) is 0 Å². The summed E-state index contributed by atoms with van der Waals surface area (Å²) in [6.45, 7) is 2.89. The molecule has 2 aromatic rings. The van der Waals surface area contributed by atoms with E-state index in [-0.39, 0.29) is 5.41 Å². The fraction of sp³-hybridized carbons (Fsp3) is 0.611. The quantitative estimate of drug-likeness (QED) is 0.930. The van der Waals surface area contributed by atoms with E-state index < -0.39 is 0 Å². The van der Waals surface area contributed by atoms with E-state index in [2.05, 4.69) is 29.7 Å². The molecule has 0 amide bonds. The normalized spacial score (nSPS) is 21.8. The Morgan fingerprint density at radius 1 is 1.24 bits per heavy atom. The Bertz CT molecular complexity index is 660. The summed E-state index contributed by atoms with van der Waals surface area (Å²) in [6, 6.07) is 7.36. The zero-order valence-electron chi connectivity index (χ0n) is 12.9. The molecule has 2 fully saturated rings. The van der Waals surface area contributed by atoms with Crippen LogP contribution in [0, 0.1) is 6.92 Å². The highest BCUT2D eigenvalue weighted by Crippen LogP contribution is 2.45. The Morgan fingerprint density at radius 3 is 2.67 bits per heavy atom. The van der Waals surface area contributed by atoms with Crippen LogP contribution in [0.4, 0.5) is 0 Å². The van der Waals surface area contributed by atoms with Crippen molar-refractivity contribution in [2.75, 3.05) is 6.54 Å². The Kier molecular flexibility index (Phi) is 3.07. The lowest BCUT2D eigenvalue weighted by Gasteiger charge is -2.36. The maximum absolute atomic E-state index is 6.26. The van der Waals surface area contributed by atoms with Gasteiger partial charge in [0.15, 0.2) is 0 Å². The Labute approximate surface area is 126 Å². The van der Waals surface area contributed by atoms with Gasteiger partial charge in [0.25, 0.3) is 0 Å². The second-order valence-electron chi connectivity index (χ2n) is 7.07. The Hall–Kier alpha value is -1.35. The van der Waals surface area contributed by atoms with Crippen LogP contribution < -0.4 is 5.73 Å². The van der Waals surface area contributed by atoms with Crippen LogP contribution in [0.5, 0.6) is 0 Å². The third kappa shape index (κ3) is 2.10. The summed E-state index contributed by atoms with van der Waals surface area (Å²) >= 11 is 0. The predicted octanol–water partition coefficient (Wildman–Crippen LogP) is 3.84. The molecule has 1 aromatic carbocycles. The van der Waals surface area contributed by atoms with Crippen LogP contribution >= 0.6 is 0 Å². The SMILES string of the molecule is Cc1ccc2c(c1)nc(C1(CN)CCCCC1)n2C1CC1. The maximum Gasteiger partial charge on any atom is 0.117 e. The van der Waals surface area contributed by atoms with Gasteiger partial charge in [0, 0.05) is 18.0 Å². The molecule has 0 unspecified atom stereocenters. The second-order valence-corrected chi connectivity index (χ2v) is 7.07. The van der Waals surface area contributed by atoms with Crippen molar-refractivity contribution in [2.24, 2.45) is 5.73 Å². The standard InChI is InChI=1S/C18H25N3/c1-13-5-8-16-15(11-13)20-17(21(16)14-6-7-14)18(12-19)9-3-2-4-10-18/h5,8,11,14H,2-4,6-7,9-10,12,19H2,1H3. The summed E-state index contributed by atoms with van der Waals surface area (Å²) in [4.78, 5) is 5.08. The second kappa shape index (κ2) is 4.84. The molecule has 2 N–H and O–H groups in total. The molecule has 2 saturated carbocycles. The van der Waals surface area contributed by atoms with Crippen LogP contribution in [-0.2, 0) is 5.41 Å². The average Bonchev–Trinajstić information content (AvgIpc) is 3.28. The lowest BCUT2D eigenvalue weighted by molar-refractivity contribution is 0.278. The number of benzene rings is 1. The first-order valence-electron chi connectivity index (χ1n) is 8.43. The third-order valence-electron chi connectivity index (χ3n) is 5.43. The van der Waals surface area contributed by atoms with E-state index in [9.17, 15) is 0 Å². The van der Waals surface area contributed by atoms with Gasteiger partial charge in [-0.05, 0) is 50.3 Å². The van der Waals surface area contributed by atoms with Gasteiger partial charge in [-0.1, -0.05) is 25.3 Å². The molecule has 2 aliphatic carbocycles. The van der Waals surface area contributed by atoms with Crippen molar-refractivity contribution in [3.8, 4) is 0 Å². The highest BCUT2D eigenvalue weighted by Gasteiger charge is 2.40. The number of imidazole rings is 1. The number of rotatable bonds is 3. The number of fused-ring (bicyclic) bond motifs is 1. The zero-order valence-corrected chi connectivity index (χ0v) is 12.9. The maximum atomic E-state index is 6.26. The van der Waals surface area contributed by atoms with Crippen LogP contribution in [0.15, 0.2) is 18.2 Å². The molecule has 1 heterocycles. The summed E-state index contributed by atoms with van der Waals surface area (Å²) < 4.78 is 2.53. The van der Waals surface area contributed by atoms with Gasteiger partial charge >= 0.3 is 0 Å². The zero-order chi connectivity index (χ0) is 14.4. The summed E-state index contributed by atoms with van der Waals surface area (Å²) in [5.74, 6) is 1.29. The summed E-state index contributed by atoms with van der Waals surface area (Å²) in [6.07, 6.45) is 8.95. The van der Waals surface area contributed by atoms with Crippen LogP contribution in [0.3, 0.4) is 0 Å². The van der Waals surface area contributed by atoms with Crippen molar-refractivity contribution in [2.45, 2.75) is 63.3 Å². The van der Waals surface area contributed by atoms with Crippen LogP contribution in [-0.4, -0.2) is 16.1 Å². The summed E-state index contributed by atoms with van der Waals surface area (Å²) in [5.41, 5.74) is 10.1. The monoisotopic (exact) mass is 283 g/mol. The molecule has 0 bridgehead atoms. The van der Waals surface area contributed by atoms with E-state index in [0.717, 1.165) is 12.1 Å². The minimum atomic E-state index is 0.119. The van der Waals surface area contributed by atoms with Gasteiger partial charge in [-0.25, -0.2) is 4.98 Å². The summed E-state index contributed by atoms with van der Waals surface area (Å²) in [5, 5.41) is 0. The Morgan fingerprint density at radius 2 is 2.00 bits per heavy atom. The first-order valence-corrected chi connectivity index (χ1v) is 8.43. The van der Waals surface area contributed by atoms with E-state index in [1.165, 1.54) is 61.9 Å². The highest BCUT2D eigenvalue weighted by molar-refractivity contribution is 5.77. The van der Waals surface area contributed by atoms with Gasteiger partial charge in [-0.15, -0.1) is 0 Å². The molecule has 0 aliphatic heterocycles. The first kappa shape index (κ1) is 13.3. The minimum absolute atomic E-state index is 0.119. The summed E-state index contributed by atoms with van der Waals surface area (Å²) in [7, 11) is 0. The molecular formula is C18H25N3. The molecule has 3 heteroatoms. The van der Waals surface area contributed by atoms with Gasteiger partial charge in [0.05, 0.1) is 11.0 Å². The number of aryl methyl sites for hydroxylation is 1. The molecule has 0 atom stereocenters. The van der Waals surface area contributed by atoms with Crippen molar-refractivity contribution in [1.29, 1.82) is 0 Å². The molecule has 1 aromatic heterocycles. The van der Waals surface area contributed by atoms with Crippen LogP contribution in [0.1, 0.15) is 62.4 Å². The predicted molar refractivity (Wildman–Crippen MR) is 86.6 cm³/mol. The topological polar surface area (TPSA) is 43.8 Å². The average molecular weight is 283 g/mol. The third-order valence-corrected chi connectivity index (χ3v) is 5.43. The van der Waals surface area contributed by atoms with E-state index >= 15 is 0 Å². The van der Waals surface area contributed by atoms with Crippen molar-refractivity contribution in [3.05, 3.63) is 29.6 Å². The molecule has 3 nitrogen and oxygen atoms in total. The van der Waals surface area contributed by atoms with Crippen molar-refractivity contribution in [1.82, 2.24) is 9.55 Å². The van der Waals surface area contributed by atoms with Gasteiger partial charge in [0.2, 0.25) is 0 Å². The van der Waals surface area contributed by atoms with Crippen LogP contribution in [0.25, 0.3) is 11.0 Å². The van der Waals surface area contributed by atoms with E-state index in [4.69, 9.17) is 10.7 Å². The van der Waals surface area contributed by atoms with E-state index in [1.807, 2.05) is 0 Å². The molecular weight excluding hydrogens is 258 g/mol. The first-order chi connectivity index (χ1) is 10.2. The Balaban J connectivity index is 1.92. The fourth-order valence-electron chi connectivity index (χ4n) is 4.03. The molecule has 0 saturated heterocycles. The molecule has 0 radical (unpaired) electrons. The number of hydrogen-bond donors (Lipinski definition) is 1.